The Balaban J connectivity index is 0.00000178. The van der Waals surface area contributed by atoms with E-state index in [4.69, 9.17) is 25.5 Å². The number of aliphatic hydroxyl groups is 1. The van der Waals surface area contributed by atoms with Gasteiger partial charge in [0.25, 0.3) is 0 Å². The molecular weight excluding hydrogens is 586 g/mol. The van der Waals surface area contributed by atoms with Crippen LogP contribution in [0.25, 0.3) is 21.9 Å². The first-order valence-electron chi connectivity index (χ1n) is 12.2. The van der Waals surface area contributed by atoms with E-state index in [1.807, 2.05) is 30.3 Å². The normalized spacial score (nSPS) is 14.6. The van der Waals surface area contributed by atoms with Gasteiger partial charge in [-0.1, -0.05) is 35.9 Å². The van der Waals surface area contributed by atoms with Gasteiger partial charge in [-0.2, -0.15) is 0 Å². The monoisotopic (exact) mass is 616 g/mol. The first-order valence-corrected chi connectivity index (χ1v) is 12.5. The van der Waals surface area contributed by atoms with Crippen molar-refractivity contribution >= 4 is 70.8 Å². The van der Waals surface area contributed by atoms with Crippen LogP contribution < -0.4 is 14.9 Å². The van der Waals surface area contributed by atoms with Crippen molar-refractivity contribution < 1.29 is 19.0 Å². The van der Waals surface area contributed by atoms with Crippen molar-refractivity contribution in [2.75, 3.05) is 52.5 Å². The molecule has 0 bridgehead atoms. The zero-order valence-corrected chi connectivity index (χ0v) is 24.4. The van der Waals surface area contributed by atoms with E-state index in [1.54, 1.807) is 36.4 Å². The van der Waals surface area contributed by atoms with Crippen LogP contribution in [0.1, 0.15) is 0 Å². The first kappa shape index (κ1) is 33.0. The van der Waals surface area contributed by atoms with Crippen molar-refractivity contribution in [2.45, 2.75) is 6.10 Å². The molecular formula is C28H32Cl4N2O5. The van der Waals surface area contributed by atoms with Crippen molar-refractivity contribution in [3.63, 3.8) is 0 Å². The van der Waals surface area contributed by atoms with Crippen LogP contribution >= 0.6 is 48.8 Å². The Hall–Kier alpha value is -2.23. The molecule has 1 aliphatic rings. The summed E-state index contributed by atoms with van der Waals surface area (Å²) in [7, 11) is 0. The van der Waals surface area contributed by atoms with Gasteiger partial charge in [-0.05, 0) is 36.4 Å². The quantitative estimate of drug-likeness (QED) is 0.255. The van der Waals surface area contributed by atoms with Crippen LogP contribution in [0.4, 0.5) is 0 Å². The molecule has 0 spiro atoms. The Labute approximate surface area is 250 Å². The van der Waals surface area contributed by atoms with E-state index in [-0.39, 0.29) is 49.3 Å². The zero-order chi connectivity index (χ0) is 24.9. The summed E-state index contributed by atoms with van der Waals surface area (Å²) < 4.78 is 17.7. The maximum absolute atomic E-state index is 12.9. The van der Waals surface area contributed by atoms with Crippen molar-refractivity contribution in [1.82, 2.24) is 9.80 Å². The smallest absolute Gasteiger partial charge is 0.200 e. The van der Waals surface area contributed by atoms with Gasteiger partial charge in [0.2, 0.25) is 5.43 Å². The molecule has 11 heteroatoms. The molecule has 1 fully saturated rings. The molecule has 1 saturated heterocycles. The fourth-order valence-electron chi connectivity index (χ4n) is 4.48. The Kier molecular flexibility index (Phi) is 13.1. The number of hydrogen-bond donors (Lipinski definition) is 1. The number of β-amino-alcohol motifs (C(OH)–C–C–N with tert-alkyl or cyclic N) is 1. The van der Waals surface area contributed by atoms with Crippen LogP contribution in [0.15, 0.2) is 75.9 Å². The summed E-state index contributed by atoms with van der Waals surface area (Å²) in [4.78, 5) is 17.5. The summed E-state index contributed by atoms with van der Waals surface area (Å²) >= 11 is 6.08. The molecule has 1 unspecified atom stereocenters. The third-order valence-electron chi connectivity index (χ3n) is 6.41. The molecule has 2 heterocycles. The second-order valence-electron chi connectivity index (χ2n) is 8.97. The standard InChI is InChI=1S/C28H29ClN2O5.3ClH/c29-20-9-10-23-26(17-20)36-28-24(27(23)33)7-4-8-25(28)35-19-21(32)18-31-13-11-30(12-14-31)15-16-34-22-5-2-1-3-6-22;;;/h1-10,17,21,32H,11-16,18-19H2;3*1H. The van der Waals surface area contributed by atoms with Crippen LogP contribution in [0, 0.1) is 0 Å². The minimum absolute atomic E-state index is 0. The number of fused-ring (bicyclic) bond motifs is 2. The van der Waals surface area contributed by atoms with Crippen molar-refractivity contribution in [3.05, 3.63) is 82.0 Å². The van der Waals surface area contributed by atoms with E-state index >= 15 is 0 Å². The predicted octanol–water partition coefficient (Wildman–Crippen LogP) is 5.30. The molecule has 0 radical (unpaired) electrons. The lowest BCUT2D eigenvalue weighted by Crippen LogP contribution is -2.50. The highest BCUT2D eigenvalue weighted by atomic mass is 35.5. The molecule has 0 aliphatic carbocycles. The number of para-hydroxylation sites is 2. The minimum Gasteiger partial charge on any atom is -0.492 e. The maximum Gasteiger partial charge on any atom is 0.200 e. The summed E-state index contributed by atoms with van der Waals surface area (Å²) in [5, 5.41) is 12.0. The van der Waals surface area contributed by atoms with E-state index < -0.39 is 6.10 Å². The fraction of sp³-hybridized carbons (Fsp3) is 0.321. The fourth-order valence-corrected chi connectivity index (χ4v) is 4.64. The lowest BCUT2D eigenvalue weighted by Gasteiger charge is -2.35. The Morgan fingerprint density at radius 2 is 1.59 bits per heavy atom. The van der Waals surface area contributed by atoms with Gasteiger partial charge < -0.3 is 19.0 Å². The van der Waals surface area contributed by atoms with E-state index in [0.29, 0.717) is 45.9 Å². The topological polar surface area (TPSA) is 75.4 Å². The number of benzene rings is 3. The molecule has 1 aliphatic heterocycles. The van der Waals surface area contributed by atoms with Gasteiger partial charge in [0, 0.05) is 50.4 Å². The molecule has 0 amide bonds. The zero-order valence-electron chi connectivity index (χ0n) is 21.2. The number of piperazine rings is 1. The molecule has 4 aromatic rings. The highest BCUT2D eigenvalue weighted by Crippen LogP contribution is 2.28. The lowest BCUT2D eigenvalue weighted by molar-refractivity contribution is 0.0437. The maximum atomic E-state index is 12.9. The third-order valence-corrected chi connectivity index (χ3v) is 6.64. The lowest BCUT2D eigenvalue weighted by atomic mass is 10.1. The molecule has 3 aromatic carbocycles. The van der Waals surface area contributed by atoms with Gasteiger partial charge in [-0.15, -0.1) is 37.2 Å². The van der Waals surface area contributed by atoms with Gasteiger partial charge >= 0.3 is 0 Å². The number of nitrogens with zero attached hydrogens (tertiary/aromatic N) is 2. The van der Waals surface area contributed by atoms with Gasteiger partial charge in [0.15, 0.2) is 11.3 Å². The number of halogens is 4. The summed E-state index contributed by atoms with van der Waals surface area (Å²) in [5.41, 5.74) is 0.625. The average Bonchev–Trinajstić information content (AvgIpc) is 2.89. The van der Waals surface area contributed by atoms with Crippen LogP contribution in [-0.2, 0) is 0 Å². The Morgan fingerprint density at radius 3 is 2.33 bits per heavy atom. The van der Waals surface area contributed by atoms with Gasteiger partial charge in [0.05, 0.1) is 10.8 Å². The molecule has 1 N–H and O–H groups in total. The van der Waals surface area contributed by atoms with Gasteiger partial charge in [-0.3, -0.25) is 14.6 Å². The highest BCUT2D eigenvalue weighted by molar-refractivity contribution is 6.31. The van der Waals surface area contributed by atoms with E-state index in [0.717, 1.165) is 38.5 Å². The van der Waals surface area contributed by atoms with Crippen LogP contribution in [0.3, 0.4) is 0 Å². The average molecular weight is 618 g/mol. The molecule has 212 valence electrons. The molecule has 39 heavy (non-hydrogen) atoms. The van der Waals surface area contributed by atoms with Gasteiger partial charge in [-0.25, -0.2) is 0 Å². The number of aliphatic hydroxyl groups excluding tert-OH is 1. The third kappa shape index (κ3) is 8.38. The van der Waals surface area contributed by atoms with E-state index in [9.17, 15) is 9.90 Å². The van der Waals surface area contributed by atoms with Crippen LogP contribution in [0.5, 0.6) is 11.5 Å². The number of hydrogen-bond acceptors (Lipinski definition) is 7. The van der Waals surface area contributed by atoms with E-state index in [2.05, 4.69) is 9.80 Å². The number of rotatable bonds is 9. The highest BCUT2D eigenvalue weighted by Gasteiger charge is 2.20. The summed E-state index contributed by atoms with van der Waals surface area (Å²) in [6, 6.07) is 20.0. The van der Waals surface area contributed by atoms with Crippen LogP contribution in [-0.4, -0.2) is 73.5 Å². The molecule has 5 rings (SSSR count). The van der Waals surface area contributed by atoms with E-state index in [1.165, 1.54) is 0 Å². The minimum atomic E-state index is -0.671. The van der Waals surface area contributed by atoms with Crippen LogP contribution in [0.2, 0.25) is 5.02 Å². The second-order valence-corrected chi connectivity index (χ2v) is 9.41. The summed E-state index contributed by atoms with van der Waals surface area (Å²) in [5.74, 6) is 1.32. The Morgan fingerprint density at radius 1 is 0.872 bits per heavy atom. The molecule has 1 aromatic heterocycles. The molecule has 7 nitrogen and oxygen atoms in total. The number of ether oxygens (including phenoxy) is 2. The SMILES string of the molecule is Cl.Cl.Cl.O=c1c2ccc(Cl)cc2oc2c(OCC(O)CN3CCN(CCOc4ccccc4)CC3)cccc12. The van der Waals surface area contributed by atoms with Gasteiger partial charge in [0.1, 0.15) is 30.7 Å². The first-order chi connectivity index (χ1) is 17.6. The second kappa shape index (κ2) is 15.5. The predicted molar refractivity (Wildman–Crippen MR) is 163 cm³/mol. The summed E-state index contributed by atoms with van der Waals surface area (Å²) in [6.45, 7) is 5.75. The van der Waals surface area contributed by atoms with Crippen molar-refractivity contribution in [1.29, 1.82) is 0 Å². The van der Waals surface area contributed by atoms with Crippen molar-refractivity contribution in [3.8, 4) is 11.5 Å². The van der Waals surface area contributed by atoms with Crippen molar-refractivity contribution in [2.24, 2.45) is 0 Å². The molecule has 0 saturated carbocycles. The Bertz CT molecular complexity index is 1380. The summed E-state index contributed by atoms with van der Waals surface area (Å²) in [6.07, 6.45) is -0.671. The molecule has 1 atom stereocenters. The largest absolute Gasteiger partial charge is 0.492 e.